The monoisotopic (exact) mass is 215 g/mol. The van der Waals surface area contributed by atoms with Crippen molar-refractivity contribution in [2.75, 3.05) is 5.75 Å². The van der Waals surface area contributed by atoms with E-state index < -0.39 is 5.97 Å². The molecule has 1 heterocycles. The molecule has 3 nitrogen and oxygen atoms in total. The van der Waals surface area contributed by atoms with E-state index >= 15 is 0 Å². The highest BCUT2D eigenvalue weighted by Crippen LogP contribution is 2.47. The molecule has 1 aliphatic carbocycles. The maximum absolute atomic E-state index is 10.9. The minimum absolute atomic E-state index is 0.0707. The van der Waals surface area contributed by atoms with Crippen LogP contribution in [0.25, 0.3) is 0 Å². The summed E-state index contributed by atoms with van der Waals surface area (Å²) in [5.41, 5.74) is 0. The van der Waals surface area contributed by atoms with Crippen molar-refractivity contribution in [1.82, 2.24) is 5.32 Å². The lowest BCUT2D eigenvalue weighted by molar-refractivity contribution is -0.139. The SMILES string of the molecule is CCC1(C2CCC2)NC(C(=O)O)CS1. The van der Waals surface area contributed by atoms with Crippen molar-refractivity contribution in [2.24, 2.45) is 5.92 Å². The molecule has 80 valence electrons. The Morgan fingerprint density at radius 3 is 2.71 bits per heavy atom. The van der Waals surface area contributed by atoms with E-state index in [1.807, 2.05) is 11.8 Å². The number of aliphatic carboxylic acids is 1. The van der Waals surface area contributed by atoms with Gasteiger partial charge in [-0.1, -0.05) is 13.3 Å². The predicted octanol–water partition coefficient (Wildman–Crippen LogP) is 1.68. The van der Waals surface area contributed by atoms with Crippen molar-refractivity contribution in [2.45, 2.75) is 43.5 Å². The summed E-state index contributed by atoms with van der Waals surface area (Å²) in [6, 6.07) is -0.333. The summed E-state index contributed by atoms with van der Waals surface area (Å²) in [7, 11) is 0. The number of hydrogen-bond donors (Lipinski definition) is 2. The van der Waals surface area contributed by atoms with Crippen molar-refractivity contribution >= 4 is 17.7 Å². The number of carbonyl (C=O) groups is 1. The van der Waals surface area contributed by atoms with Crippen molar-refractivity contribution in [3.8, 4) is 0 Å². The molecule has 2 N–H and O–H groups in total. The molecule has 0 aromatic carbocycles. The number of thioether (sulfide) groups is 1. The van der Waals surface area contributed by atoms with Gasteiger partial charge >= 0.3 is 5.97 Å². The lowest BCUT2D eigenvalue weighted by Gasteiger charge is -2.42. The van der Waals surface area contributed by atoms with Crippen molar-refractivity contribution in [3.63, 3.8) is 0 Å². The zero-order valence-electron chi connectivity index (χ0n) is 8.45. The highest BCUT2D eigenvalue weighted by atomic mass is 32.2. The molecule has 2 aliphatic rings. The molecule has 2 rings (SSSR count). The van der Waals surface area contributed by atoms with E-state index in [9.17, 15) is 4.79 Å². The third-order valence-corrected chi connectivity index (χ3v) is 5.27. The van der Waals surface area contributed by atoms with Crippen LogP contribution in [-0.4, -0.2) is 27.7 Å². The Balaban J connectivity index is 2.04. The van der Waals surface area contributed by atoms with E-state index in [0.29, 0.717) is 5.92 Å². The van der Waals surface area contributed by atoms with Gasteiger partial charge < -0.3 is 5.11 Å². The van der Waals surface area contributed by atoms with Crippen LogP contribution in [0, 0.1) is 5.92 Å². The van der Waals surface area contributed by atoms with Gasteiger partial charge in [-0.3, -0.25) is 10.1 Å². The lowest BCUT2D eigenvalue weighted by atomic mass is 9.78. The Labute approximate surface area is 88.6 Å². The summed E-state index contributed by atoms with van der Waals surface area (Å²) >= 11 is 1.82. The van der Waals surface area contributed by atoms with E-state index in [1.165, 1.54) is 19.3 Å². The summed E-state index contributed by atoms with van der Waals surface area (Å²) in [6.07, 6.45) is 4.87. The van der Waals surface area contributed by atoms with Gasteiger partial charge in [0.05, 0.1) is 4.87 Å². The first-order valence-electron chi connectivity index (χ1n) is 5.32. The molecule has 1 saturated heterocycles. The first-order chi connectivity index (χ1) is 6.68. The number of nitrogens with one attached hydrogen (secondary N) is 1. The van der Waals surface area contributed by atoms with Crippen molar-refractivity contribution in [1.29, 1.82) is 0 Å². The fourth-order valence-electron chi connectivity index (χ4n) is 2.35. The quantitative estimate of drug-likeness (QED) is 0.752. The molecule has 1 aliphatic heterocycles. The second kappa shape index (κ2) is 3.74. The predicted molar refractivity (Wildman–Crippen MR) is 57.4 cm³/mol. The van der Waals surface area contributed by atoms with Crippen molar-refractivity contribution < 1.29 is 9.90 Å². The maximum atomic E-state index is 10.9. The van der Waals surface area contributed by atoms with E-state index in [4.69, 9.17) is 5.11 Å². The number of carboxylic acid groups (broad SMARTS) is 1. The van der Waals surface area contributed by atoms with Crippen LogP contribution in [0.4, 0.5) is 0 Å². The Kier molecular flexibility index (Phi) is 2.75. The second-order valence-electron chi connectivity index (χ2n) is 4.22. The summed E-state index contributed by atoms with van der Waals surface area (Å²) in [5, 5.41) is 12.3. The maximum Gasteiger partial charge on any atom is 0.321 e. The molecule has 0 amide bonds. The number of hydrogen-bond acceptors (Lipinski definition) is 3. The van der Waals surface area contributed by atoms with Gasteiger partial charge in [-0.15, -0.1) is 11.8 Å². The molecule has 0 radical (unpaired) electrons. The van der Waals surface area contributed by atoms with Crippen LogP contribution in [0.1, 0.15) is 32.6 Å². The zero-order chi connectivity index (χ0) is 10.2. The first kappa shape index (κ1) is 10.3. The van der Waals surface area contributed by atoms with Gasteiger partial charge in [0.15, 0.2) is 0 Å². The van der Waals surface area contributed by atoms with Gasteiger partial charge in [-0.25, -0.2) is 0 Å². The largest absolute Gasteiger partial charge is 0.480 e. The molecule has 14 heavy (non-hydrogen) atoms. The highest BCUT2D eigenvalue weighted by Gasteiger charge is 2.47. The summed E-state index contributed by atoms with van der Waals surface area (Å²) < 4.78 is 0. The molecule has 0 aromatic rings. The lowest BCUT2D eigenvalue weighted by Crippen LogP contribution is -2.51. The first-order valence-corrected chi connectivity index (χ1v) is 6.31. The average molecular weight is 215 g/mol. The van der Waals surface area contributed by atoms with E-state index in [-0.39, 0.29) is 10.9 Å². The fourth-order valence-corrected chi connectivity index (χ4v) is 3.94. The van der Waals surface area contributed by atoms with Crippen LogP contribution >= 0.6 is 11.8 Å². The second-order valence-corrected chi connectivity index (χ2v) is 5.57. The molecule has 2 unspecified atom stereocenters. The minimum atomic E-state index is -0.702. The highest BCUT2D eigenvalue weighted by molar-refractivity contribution is 8.01. The standard InChI is InChI=1S/C10H17NO2S/c1-2-10(7-4-3-5-7)11-8(6-14-10)9(12)13/h7-8,11H,2-6H2,1H3,(H,12,13). The smallest absolute Gasteiger partial charge is 0.321 e. The summed E-state index contributed by atoms with van der Waals surface area (Å²) in [4.78, 5) is 10.9. The van der Waals surface area contributed by atoms with Gasteiger partial charge in [-0.2, -0.15) is 0 Å². The van der Waals surface area contributed by atoms with Crippen LogP contribution in [0.5, 0.6) is 0 Å². The molecule has 2 fully saturated rings. The normalized spacial score (nSPS) is 38.2. The summed E-state index contributed by atoms with van der Waals surface area (Å²) in [5.74, 6) is 0.716. The average Bonchev–Trinajstić information content (AvgIpc) is 2.47. The van der Waals surface area contributed by atoms with Crippen molar-refractivity contribution in [3.05, 3.63) is 0 Å². The molecular formula is C10H17NO2S. The van der Waals surface area contributed by atoms with Crippen LogP contribution in [-0.2, 0) is 4.79 Å². The third-order valence-electron chi connectivity index (χ3n) is 3.51. The molecular weight excluding hydrogens is 198 g/mol. The van der Waals surface area contributed by atoms with Gasteiger partial charge in [0, 0.05) is 5.75 Å². The number of rotatable bonds is 3. The van der Waals surface area contributed by atoms with Crippen LogP contribution < -0.4 is 5.32 Å². The molecule has 1 saturated carbocycles. The van der Waals surface area contributed by atoms with Gasteiger partial charge in [0.2, 0.25) is 0 Å². The molecule has 0 bridgehead atoms. The third kappa shape index (κ3) is 1.54. The fraction of sp³-hybridized carbons (Fsp3) is 0.900. The molecule has 0 spiro atoms. The molecule has 0 aromatic heterocycles. The zero-order valence-corrected chi connectivity index (χ0v) is 9.27. The topological polar surface area (TPSA) is 49.3 Å². The van der Waals surface area contributed by atoms with Crippen LogP contribution in [0.15, 0.2) is 0 Å². The van der Waals surface area contributed by atoms with Crippen LogP contribution in [0.2, 0.25) is 0 Å². The van der Waals surface area contributed by atoms with Gasteiger partial charge in [0.1, 0.15) is 6.04 Å². The number of carboxylic acids is 1. The van der Waals surface area contributed by atoms with Crippen LogP contribution in [0.3, 0.4) is 0 Å². The van der Waals surface area contributed by atoms with Gasteiger partial charge in [0.25, 0.3) is 0 Å². The Morgan fingerprint density at radius 2 is 2.36 bits per heavy atom. The van der Waals surface area contributed by atoms with E-state index in [1.54, 1.807) is 0 Å². The van der Waals surface area contributed by atoms with E-state index in [0.717, 1.165) is 12.2 Å². The minimum Gasteiger partial charge on any atom is -0.480 e. The molecule has 4 heteroatoms. The summed E-state index contributed by atoms with van der Waals surface area (Å²) in [6.45, 7) is 2.16. The van der Waals surface area contributed by atoms with Gasteiger partial charge in [-0.05, 0) is 25.2 Å². The Hall–Kier alpha value is -0.220. The van der Waals surface area contributed by atoms with E-state index in [2.05, 4.69) is 12.2 Å². The Bertz CT molecular complexity index is 242. The molecule has 2 atom stereocenters. The Morgan fingerprint density at radius 1 is 1.64 bits per heavy atom.